The van der Waals surface area contributed by atoms with Crippen LogP contribution < -0.4 is 0 Å². The van der Waals surface area contributed by atoms with Gasteiger partial charge in [0.2, 0.25) is 0 Å². The van der Waals surface area contributed by atoms with Crippen LogP contribution >= 0.6 is 0 Å². The number of esters is 1. The fourth-order valence-corrected chi connectivity index (χ4v) is 6.46. The molecular formula is C37H66O7. The Morgan fingerprint density at radius 1 is 0.705 bits per heavy atom. The molecule has 2 rings (SSSR count). The lowest BCUT2D eigenvalue weighted by Crippen LogP contribution is -2.31. The van der Waals surface area contributed by atoms with Crippen molar-refractivity contribution in [3.63, 3.8) is 0 Å². The Morgan fingerprint density at radius 2 is 1.25 bits per heavy atom. The van der Waals surface area contributed by atoms with Crippen LogP contribution in [0, 0.1) is 0 Å². The molecule has 0 aromatic rings. The van der Waals surface area contributed by atoms with E-state index in [0.29, 0.717) is 37.7 Å². The van der Waals surface area contributed by atoms with Crippen molar-refractivity contribution in [1.82, 2.24) is 0 Å². The minimum Gasteiger partial charge on any atom is -0.455 e. The quantitative estimate of drug-likeness (QED) is 0.0423. The summed E-state index contributed by atoms with van der Waals surface area (Å²) in [5, 5.41) is 41.7. The van der Waals surface area contributed by atoms with Crippen LogP contribution in [-0.4, -0.2) is 69.1 Å². The van der Waals surface area contributed by atoms with Crippen LogP contribution in [0.3, 0.4) is 0 Å². The first-order chi connectivity index (χ1) is 21.3. The van der Waals surface area contributed by atoms with Crippen molar-refractivity contribution in [1.29, 1.82) is 0 Å². The lowest BCUT2D eigenvalue weighted by Gasteiger charge is -2.22. The van der Waals surface area contributed by atoms with E-state index < -0.39 is 24.4 Å². The van der Waals surface area contributed by atoms with E-state index in [1.165, 1.54) is 64.2 Å². The second kappa shape index (κ2) is 24.0. The maximum Gasteiger partial charge on any atom is 0.334 e. The summed E-state index contributed by atoms with van der Waals surface area (Å²) < 4.78 is 11.1. The molecular weight excluding hydrogens is 556 g/mol. The summed E-state index contributed by atoms with van der Waals surface area (Å²) in [4.78, 5) is 11.7. The average Bonchev–Trinajstić information content (AvgIpc) is 3.62. The van der Waals surface area contributed by atoms with Crippen LogP contribution in [0.1, 0.15) is 162 Å². The van der Waals surface area contributed by atoms with Gasteiger partial charge in [-0.3, -0.25) is 0 Å². The number of hydrogen-bond donors (Lipinski definition) is 4. The Bertz CT molecular complexity index is 797. The van der Waals surface area contributed by atoms with Crippen LogP contribution in [0.5, 0.6) is 0 Å². The van der Waals surface area contributed by atoms with Crippen molar-refractivity contribution in [2.75, 3.05) is 0 Å². The van der Waals surface area contributed by atoms with E-state index >= 15 is 0 Å². The van der Waals surface area contributed by atoms with Gasteiger partial charge in [-0.05, 0) is 77.2 Å². The molecule has 0 aromatic heterocycles. The van der Waals surface area contributed by atoms with Gasteiger partial charge in [-0.2, -0.15) is 0 Å². The minimum atomic E-state index is -0.659. The summed E-state index contributed by atoms with van der Waals surface area (Å²) in [5.41, 5.74) is 0.521. The predicted molar refractivity (Wildman–Crippen MR) is 177 cm³/mol. The van der Waals surface area contributed by atoms with E-state index in [1.807, 2.05) is 0 Å². The fourth-order valence-electron chi connectivity index (χ4n) is 6.46. The molecule has 1 saturated heterocycles. The molecule has 7 atom stereocenters. The highest BCUT2D eigenvalue weighted by Crippen LogP contribution is 2.28. The smallest absolute Gasteiger partial charge is 0.334 e. The zero-order valence-electron chi connectivity index (χ0n) is 28.1. The molecule has 1 fully saturated rings. The van der Waals surface area contributed by atoms with Crippen LogP contribution in [0.2, 0.25) is 0 Å². The number of ether oxygens (including phenoxy) is 2. The van der Waals surface area contributed by atoms with E-state index in [4.69, 9.17) is 9.47 Å². The van der Waals surface area contributed by atoms with E-state index in [1.54, 1.807) is 13.0 Å². The molecule has 0 saturated carbocycles. The monoisotopic (exact) mass is 622 g/mol. The topological polar surface area (TPSA) is 116 Å². The van der Waals surface area contributed by atoms with Crippen LogP contribution in [-0.2, 0) is 14.3 Å². The third kappa shape index (κ3) is 17.4. The molecule has 0 radical (unpaired) electrons. The first-order valence-corrected chi connectivity index (χ1v) is 18.2. The summed E-state index contributed by atoms with van der Waals surface area (Å²) in [6.07, 6.45) is 26.5. The zero-order valence-corrected chi connectivity index (χ0v) is 28.1. The number of aliphatic hydroxyl groups excluding tert-OH is 4. The summed E-state index contributed by atoms with van der Waals surface area (Å²) >= 11 is 0. The molecule has 4 N–H and O–H groups in total. The van der Waals surface area contributed by atoms with Crippen molar-refractivity contribution in [2.24, 2.45) is 0 Å². The highest BCUT2D eigenvalue weighted by molar-refractivity contribution is 5.90. The first kappa shape index (κ1) is 38.9. The summed E-state index contributed by atoms with van der Waals surface area (Å²) in [6, 6.07) is 0. The number of hydrogen-bond acceptors (Lipinski definition) is 7. The van der Waals surface area contributed by atoms with Crippen molar-refractivity contribution in [3.8, 4) is 0 Å². The summed E-state index contributed by atoms with van der Waals surface area (Å²) in [6.45, 7) is 4.06. The molecule has 0 bridgehead atoms. The van der Waals surface area contributed by atoms with Gasteiger partial charge in [-0.1, -0.05) is 96.1 Å². The third-order valence-electron chi connectivity index (χ3n) is 9.28. The van der Waals surface area contributed by atoms with Gasteiger partial charge in [0.15, 0.2) is 0 Å². The van der Waals surface area contributed by atoms with Crippen molar-refractivity contribution < 1.29 is 34.7 Å². The van der Waals surface area contributed by atoms with Crippen molar-refractivity contribution in [2.45, 2.75) is 204 Å². The van der Waals surface area contributed by atoms with Crippen LogP contribution in [0.25, 0.3) is 0 Å². The maximum atomic E-state index is 11.7. The molecule has 7 heteroatoms. The average molecular weight is 623 g/mol. The van der Waals surface area contributed by atoms with Gasteiger partial charge in [0.25, 0.3) is 0 Å². The van der Waals surface area contributed by atoms with Gasteiger partial charge in [-0.15, -0.1) is 0 Å². The Balaban J connectivity index is 1.42. The lowest BCUT2D eigenvalue weighted by molar-refractivity contribution is -0.139. The lowest BCUT2D eigenvalue weighted by atomic mass is 9.98. The molecule has 2 aliphatic rings. The Kier molecular flexibility index (Phi) is 21.2. The number of cyclic esters (lactones) is 1. The number of unbranched alkanes of at least 4 members (excludes halogenated alkanes) is 12. The Labute approximate surface area is 268 Å². The molecule has 256 valence electrons. The fraction of sp³-hybridized carbons (Fsp3) is 0.865. The van der Waals surface area contributed by atoms with E-state index in [-0.39, 0.29) is 30.7 Å². The standard InChI is InChI=1S/C37H66O7/c1-3-4-5-6-7-8-9-10-11-12-13-14-15-18-21-33(40)35-25-26-36(44-35)34(41)22-19-16-17-20-31(38)23-24-32(39)28-30-27-29(2)43-37(30)42/h14-15,27,29,31-36,38-41H,3-13,16-26,28H2,1-2H3. The minimum absolute atomic E-state index is 0.186. The molecule has 0 spiro atoms. The van der Waals surface area contributed by atoms with Crippen molar-refractivity contribution >= 4 is 5.97 Å². The normalized spacial score (nSPS) is 23.2. The van der Waals surface area contributed by atoms with E-state index in [0.717, 1.165) is 44.9 Å². The second-order valence-electron chi connectivity index (χ2n) is 13.5. The molecule has 2 heterocycles. The highest BCUT2D eigenvalue weighted by atomic mass is 16.5. The molecule has 0 aliphatic carbocycles. The Morgan fingerprint density at radius 3 is 1.89 bits per heavy atom. The maximum absolute atomic E-state index is 11.7. The zero-order chi connectivity index (χ0) is 32.0. The first-order valence-electron chi connectivity index (χ1n) is 18.2. The molecule has 7 unspecified atom stereocenters. The van der Waals surface area contributed by atoms with Gasteiger partial charge in [-0.25, -0.2) is 4.79 Å². The second-order valence-corrected chi connectivity index (χ2v) is 13.5. The van der Waals surface area contributed by atoms with Crippen molar-refractivity contribution in [3.05, 3.63) is 23.8 Å². The van der Waals surface area contributed by atoms with E-state index in [9.17, 15) is 25.2 Å². The molecule has 2 aliphatic heterocycles. The third-order valence-corrected chi connectivity index (χ3v) is 9.28. The van der Waals surface area contributed by atoms with Gasteiger partial charge in [0, 0.05) is 12.0 Å². The van der Waals surface area contributed by atoms with Gasteiger partial charge < -0.3 is 29.9 Å². The number of rotatable bonds is 27. The van der Waals surface area contributed by atoms with Gasteiger partial charge in [0.1, 0.15) is 6.10 Å². The largest absolute Gasteiger partial charge is 0.455 e. The van der Waals surface area contributed by atoms with Gasteiger partial charge >= 0.3 is 5.97 Å². The van der Waals surface area contributed by atoms with Crippen LogP contribution in [0.15, 0.2) is 23.8 Å². The molecule has 0 aromatic carbocycles. The number of carbonyl (C=O) groups excluding carboxylic acids is 1. The Hall–Kier alpha value is -1.25. The molecule has 44 heavy (non-hydrogen) atoms. The number of carbonyl (C=O) groups is 1. The SMILES string of the molecule is CCCCCCCCCCCCC=CCCC(O)C1CCC(C(O)CCCCCC(O)CCC(O)CC2=CC(C)OC2=O)O1. The molecule has 7 nitrogen and oxygen atoms in total. The predicted octanol–water partition coefficient (Wildman–Crippen LogP) is 7.62. The van der Waals surface area contributed by atoms with E-state index in [2.05, 4.69) is 19.1 Å². The highest BCUT2D eigenvalue weighted by Gasteiger charge is 2.34. The number of aliphatic hydroxyl groups is 4. The summed E-state index contributed by atoms with van der Waals surface area (Å²) in [5.74, 6) is -0.355. The molecule has 0 amide bonds. The van der Waals surface area contributed by atoms with Gasteiger partial charge in [0.05, 0.1) is 36.6 Å². The summed E-state index contributed by atoms with van der Waals surface area (Å²) in [7, 11) is 0. The number of allylic oxidation sites excluding steroid dienone is 2. The van der Waals surface area contributed by atoms with Crippen LogP contribution in [0.4, 0.5) is 0 Å².